The van der Waals surface area contributed by atoms with Crippen molar-refractivity contribution in [1.82, 2.24) is 90.4 Å². The van der Waals surface area contributed by atoms with E-state index in [2.05, 4.69) is 90.4 Å². The van der Waals surface area contributed by atoms with Crippen LogP contribution in [0.4, 0.5) is 43.2 Å². The summed E-state index contributed by atoms with van der Waals surface area (Å²) in [6.07, 6.45) is 5.44. The molecule has 18 amide bonds. The minimum absolute atomic E-state index is 0.00988. The van der Waals surface area contributed by atoms with Crippen molar-refractivity contribution in [2.45, 2.75) is 167 Å². The van der Waals surface area contributed by atoms with Crippen LogP contribution in [0.5, 0.6) is 11.5 Å². The molecule has 0 heterocycles. The van der Waals surface area contributed by atoms with Crippen LogP contribution in [0.25, 0.3) is 0 Å². The smallest absolute Gasteiger partial charge is 0.315 e. The zero-order valence-electron chi connectivity index (χ0n) is 58.7. The number of amides is 18. The van der Waals surface area contributed by atoms with E-state index < -0.39 is 103 Å². The van der Waals surface area contributed by atoms with Crippen molar-refractivity contribution in [2.75, 3.05) is 72.0 Å². The Balaban J connectivity index is 1.55. The maximum Gasteiger partial charge on any atom is 0.315 e. The molecule has 0 aromatic heterocycles. The van der Waals surface area contributed by atoms with Crippen LogP contribution in [-0.4, -0.2) is 191 Å². The van der Waals surface area contributed by atoms with Crippen LogP contribution in [0, 0.1) is 17.8 Å². The molecule has 0 radical (unpaired) electrons. The van der Waals surface area contributed by atoms with E-state index in [4.69, 9.17) is 22.9 Å². The van der Waals surface area contributed by atoms with E-state index >= 15 is 0 Å². The second-order valence-electron chi connectivity index (χ2n) is 26.1. The number of unbranched alkanes of at least 4 members (excludes halogenated alkanes) is 2. The lowest BCUT2D eigenvalue weighted by Gasteiger charge is -2.26. The number of primary amides is 1. The second-order valence-corrected chi connectivity index (χ2v) is 26.1. The van der Waals surface area contributed by atoms with Gasteiger partial charge in [-0.05, 0) is 130 Å². The number of rotatable bonds is 44. The third-order valence-corrected chi connectivity index (χ3v) is 15.9. The number of hydrogen-bond acceptors (Lipinski definition) is 14. The summed E-state index contributed by atoms with van der Waals surface area (Å²) in [4.78, 5) is 118. The second kappa shape index (κ2) is 47.5. The van der Waals surface area contributed by atoms with Crippen LogP contribution in [0.1, 0.15) is 110 Å². The van der Waals surface area contributed by atoms with Gasteiger partial charge in [-0.15, -0.1) is 0 Å². The van der Waals surface area contributed by atoms with Gasteiger partial charge in [0.05, 0.1) is 24.2 Å². The number of nitrogens with one attached hydrogen (secondary N) is 17. The van der Waals surface area contributed by atoms with Crippen LogP contribution in [0.2, 0.25) is 0 Å². The van der Waals surface area contributed by atoms with Crippen LogP contribution in [0.15, 0.2) is 78.9 Å². The lowest BCUT2D eigenvalue weighted by atomic mass is 10.0. The SMILES string of the molecule is CC(C)CC(CNC(=O)N[C@H](CNC(=O)NC(CNC(=O)N[C@@H](CCCCN)CNC(=O)NC(CNC(=O)N[C@H](CNC(=O)NC(C)CNC(N)=O)Cc1ccc(O)cc1)C(C)C)Cc1ccccc1)C(C)C)NC(=O)NCC(CCCCN)NC(=O)NCC(N)Cc1ccc(O)cc1. The predicted molar refractivity (Wildman–Crippen MR) is 383 cm³/mol. The Bertz CT molecular complexity index is 2860. The summed E-state index contributed by atoms with van der Waals surface area (Å²) in [5, 5.41) is 67.7. The third-order valence-electron chi connectivity index (χ3n) is 15.9. The van der Waals surface area contributed by atoms with Gasteiger partial charge < -0.3 is 124 Å². The molecule has 27 N–H and O–H groups in total. The molecule has 0 spiro atoms. The van der Waals surface area contributed by atoms with E-state index in [1.165, 1.54) is 12.1 Å². The van der Waals surface area contributed by atoms with E-state index in [0.29, 0.717) is 64.5 Å². The van der Waals surface area contributed by atoms with Crippen molar-refractivity contribution in [3.8, 4) is 11.5 Å². The number of urea groups is 9. The molecule has 0 fully saturated rings. The summed E-state index contributed by atoms with van der Waals surface area (Å²) in [7, 11) is 0. The molecule has 554 valence electrons. The molecule has 32 nitrogen and oxygen atoms in total. The summed E-state index contributed by atoms with van der Waals surface area (Å²) in [6, 6.07) is 13.1. The molecule has 3 aromatic carbocycles. The topological polar surface area (TPSA) is 503 Å². The fraction of sp³-hybridized carbons (Fsp3) is 0.597. The number of hydrogen-bond donors (Lipinski definition) is 23. The Morgan fingerprint density at radius 1 is 0.364 bits per heavy atom. The number of phenols is 2. The van der Waals surface area contributed by atoms with E-state index in [0.717, 1.165) is 23.1 Å². The molecule has 0 aliphatic carbocycles. The largest absolute Gasteiger partial charge is 0.508 e. The van der Waals surface area contributed by atoms with Gasteiger partial charge in [-0.3, -0.25) is 0 Å². The van der Waals surface area contributed by atoms with E-state index in [9.17, 15) is 53.4 Å². The summed E-state index contributed by atoms with van der Waals surface area (Å²) in [6.45, 7) is 14.8. The Kier molecular flexibility index (Phi) is 40.2. The highest BCUT2D eigenvalue weighted by Gasteiger charge is 2.25. The summed E-state index contributed by atoms with van der Waals surface area (Å²) in [5.74, 6) is 0.0932. The van der Waals surface area contributed by atoms with Crippen LogP contribution >= 0.6 is 0 Å². The Hall–Kier alpha value is -9.43. The molecule has 6 unspecified atom stereocenters. The van der Waals surface area contributed by atoms with Gasteiger partial charge in [0.2, 0.25) is 0 Å². The Morgan fingerprint density at radius 3 is 1.09 bits per heavy atom. The molecule has 3 rings (SSSR count). The zero-order chi connectivity index (χ0) is 73.1. The fourth-order valence-corrected chi connectivity index (χ4v) is 10.3. The van der Waals surface area contributed by atoms with Crippen LogP contribution in [-0.2, 0) is 19.3 Å². The standard InChI is InChI=1S/C67H115N21O11/c1-42(2)29-52(84-63(95)74-35-50(17-11-13-27-68)82-61(93)73-34-49(70)30-47-19-23-55(89)24-20-47)37-78-67(99)88-58(44(5)6)41-79-64(96)85-53(31-46-15-9-8-10-16-46)39-77-62(94)83-51(18-12-14-28-69)36-75-66(98)87-57(43(3)4)40-80-65(97)86-54(32-48-21-25-56(90)26-22-48)38-76-60(92)81-45(7)33-72-59(71)91/h8-10,15-16,19-26,42-45,49-54,57-58,89-90H,11-14,17-18,27-41,68-70H2,1-7H3,(H3,71,72,91)(H2,73,82,93)(H2,74,84,95)(H2,75,87,98)(H2,76,81,92)(H2,77,83,94)(H2,78,88,99)(H2,79,85,96)(H2,80,86,97)/t45?,49?,50?,51-,52?,53?,54-,57?,58+/m0/s1. The van der Waals surface area contributed by atoms with Crippen molar-refractivity contribution in [3.63, 3.8) is 0 Å². The first-order chi connectivity index (χ1) is 47.2. The maximum absolute atomic E-state index is 13.7. The highest BCUT2D eigenvalue weighted by molar-refractivity contribution is 5.79. The van der Waals surface area contributed by atoms with Gasteiger partial charge in [0.25, 0.3) is 0 Å². The molecule has 0 bridgehead atoms. The lowest BCUT2D eigenvalue weighted by molar-refractivity contribution is 0.220. The van der Waals surface area contributed by atoms with Gasteiger partial charge in [0.15, 0.2) is 0 Å². The average Bonchev–Trinajstić information content (AvgIpc) is 1.08. The normalized spacial score (nSPS) is 13.8. The molecule has 0 saturated heterocycles. The molecule has 0 aliphatic heterocycles. The highest BCUT2D eigenvalue weighted by Crippen LogP contribution is 2.14. The fourth-order valence-electron chi connectivity index (χ4n) is 10.3. The van der Waals surface area contributed by atoms with Crippen molar-refractivity contribution in [1.29, 1.82) is 0 Å². The molecule has 9 atom stereocenters. The molecule has 3 aromatic rings. The lowest BCUT2D eigenvalue weighted by Crippen LogP contribution is -2.56. The molecular formula is C67H115N21O11. The third kappa shape index (κ3) is 39.5. The molecule has 32 heteroatoms. The number of carbonyl (C=O) groups excluding carboxylic acids is 9. The van der Waals surface area contributed by atoms with Gasteiger partial charge in [-0.25, -0.2) is 43.2 Å². The quantitative estimate of drug-likeness (QED) is 0.0361. The highest BCUT2D eigenvalue weighted by atomic mass is 16.3. The first-order valence-corrected chi connectivity index (χ1v) is 34.3. The predicted octanol–water partition coefficient (Wildman–Crippen LogP) is 2.10. The summed E-state index contributed by atoms with van der Waals surface area (Å²) >= 11 is 0. The van der Waals surface area contributed by atoms with Crippen LogP contribution < -0.4 is 113 Å². The van der Waals surface area contributed by atoms with E-state index in [1.54, 1.807) is 43.3 Å². The molecule has 99 heavy (non-hydrogen) atoms. The number of nitrogens with two attached hydrogens (primary N) is 4. The first-order valence-electron chi connectivity index (χ1n) is 34.3. The van der Waals surface area contributed by atoms with Crippen molar-refractivity contribution in [3.05, 3.63) is 95.6 Å². The summed E-state index contributed by atoms with van der Waals surface area (Å²) < 4.78 is 0. The van der Waals surface area contributed by atoms with Gasteiger partial charge in [-0.1, -0.05) is 109 Å². The minimum atomic E-state index is -0.731. The Morgan fingerprint density at radius 2 is 0.697 bits per heavy atom. The monoisotopic (exact) mass is 1390 g/mol. The minimum Gasteiger partial charge on any atom is -0.508 e. The van der Waals surface area contributed by atoms with Gasteiger partial charge >= 0.3 is 54.3 Å². The Labute approximate surface area is 582 Å². The van der Waals surface area contributed by atoms with E-state index in [1.807, 2.05) is 71.9 Å². The summed E-state index contributed by atoms with van der Waals surface area (Å²) in [5.41, 5.74) is 25.5. The van der Waals surface area contributed by atoms with Gasteiger partial charge in [0.1, 0.15) is 11.5 Å². The van der Waals surface area contributed by atoms with Crippen LogP contribution in [0.3, 0.4) is 0 Å². The number of phenolic OH excluding ortho intramolecular Hbond substituents is 2. The zero-order valence-corrected chi connectivity index (χ0v) is 58.7. The number of aromatic hydroxyl groups is 2. The average molecular weight is 1390 g/mol. The van der Waals surface area contributed by atoms with Crippen molar-refractivity contribution in [2.24, 2.45) is 40.7 Å². The molecule has 0 aliphatic rings. The van der Waals surface area contributed by atoms with Gasteiger partial charge in [0, 0.05) is 89.1 Å². The van der Waals surface area contributed by atoms with E-state index in [-0.39, 0.29) is 101 Å². The number of benzene rings is 3. The molecular weight excluding hydrogens is 1270 g/mol. The van der Waals surface area contributed by atoms with Gasteiger partial charge in [-0.2, -0.15) is 0 Å². The van der Waals surface area contributed by atoms with Crippen molar-refractivity contribution >= 4 is 54.3 Å². The maximum atomic E-state index is 13.7. The molecule has 0 saturated carbocycles. The number of carbonyl (C=O) groups is 9. The van der Waals surface area contributed by atoms with Crippen molar-refractivity contribution < 1.29 is 53.4 Å². The first kappa shape index (κ1) is 83.8.